The summed E-state index contributed by atoms with van der Waals surface area (Å²) in [5.41, 5.74) is 4.29. The average molecular weight is 499 g/mol. The maximum absolute atomic E-state index is 13.4. The van der Waals surface area contributed by atoms with Crippen LogP contribution in [-0.2, 0) is 17.6 Å². The fourth-order valence-electron chi connectivity index (χ4n) is 4.69. The lowest BCUT2D eigenvalue weighted by Crippen LogP contribution is -2.44. The molecule has 0 aromatic heterocycles. The van der Waals surface area contributed by atoms with E-state index in [0.717, 1.165) is 75.4 Å². The van der Waals surface area contributed by atoms with Crippen molar-refractivity contribution >= 4 is 55.6 Å². The van der Waals surface area contributed by atoms with Crippen LogP contribution in [0.25, 0.3) is 10.8 Å². The monoisotopic (exact) mass is 497 g/mol. The van der Waals surface area contributed by atoms with Gasteiger partial charge in [-0.05, 0) is 53.6 Å². The van der Waals surface area contributed by atoms with Crippen LogP contribution in [0.2, 0.25) is 5.02 Å². The number of amides is 1. The highest BCUT2D eigenvalue weighted by Crippen LogP contribution is 2.38. The SMILES string of the molecule is CN1CCN(c2cc3c(cc2Cl)CCN3C(=O)Cc2cccc3c(Br)cccc23)CC1. The van der Waals surface area contributed by atoms with Gasteiger partial charge in [-0.2, -0.15) is 0 Å². The van der Waals surface area contributed by atoms with Crippen LogP contribution >= 0.6 is 27.5 Å². The second kappa shape index (κ2) is 8.45. The third-order valence-electron chi connectivity index (χ3n) is 6.49. The Morgan fingerprint density at radius 3 is 2.52 bits per heavy atom. The van der Waals surface area contributed by atoms with Crippen molar-refractivity contribution in [2.75, 3.05) is 49.6 Å². The van der Waals surface area contributed by atoms with E-state index in [9.17, 15) is 4.79 Å². The van der Waals surface area contributed by atoms with Crippen LogP contribution in [0.5, 0.6) is 0 Å². The molecule has 2 aliphatic heterocycles. The minimum absolute atomic E-state index is 0.137. The highest BCUT2D eigenvalue weighted by molar-refractivity contribution is 9.10. The summed E-state index contributed by atoms with van der Waals surface area (Å²) in [6.07, 6.45) is 1.24. The third kappa shape index (κ3) is 3.95. The number of carbonyl (C=O) groups is 1. The minimum atomic E-state index is 0.137. The summed E-state index contributed by atoms with van der Waals surface area (Å²) in [5.74, 6) is 0.137. The minimum Gasteiger partial charge on any atom is -0.368 e. The molecule has 2 heterocycles. The van der Waals surface area contributed by atoms with Crippen molar-refractivity contribution in [3.63, 3.8) is 0 Å². The zero-order chi connectivity index (χ0) is 21.5. The number of hydrogen-bond donors (Lipinski definition) is 0. The van der Waals surface area contributed by atoms with E-state index in [-0.39, 0.29) is 5.91 Å². The third-order valence-corrected chi connectivity index (χ3v) is 7.48. The Labute approximate surface area is 196 Å². The Morgan fingerprint density at radius 1 is 0.968 bits per heavy atom. The molecule has 1 fully saturated rings. The van der Waals surface area contributed by atoms with Gasteiger partial charge in [-0.1, -0.05) is 57.9 Å². The molecule has 3 aromatic carbocycles. The number of anilines is 2. The summed E-state index contributed by atoms with van der Waals surface area (Å²) in [4.78, 5) is 20.0. The lowest BCUT2D eigenvalue weighted by atomic mass is 10.0. The fourth-order valence-corrected chi connectivity index (χ4v) is 5.50. The first kappa shape index (κ1) is 20.8. The average Bonchev–Trinajstić information content (AvgIpc) is 3.17. The number of halogens is 2. The predicted octanol–water partition coefficient (Wildman–Crippen LogP) is 5.14. The number of benzene rings is 3. The summed E-state index contributed by atoms with van der Waals surface area (Å²) in [6, 6.07) is 16.5. The van der Waals surface area contributed by atoms with Gasteiger partial charge in [-0.3, -0.25) is 4.79 Å². The van der Waals surface area contributed by atoms with Crippen molar-refractivity contribution in [1.82, 2.24) is 4.90 Å². The molecule has 0 saturated carbocycles. The van der Waals surface area contributed by atoms with E-state index in [2.05, 4.69) is 63.1 Å². The first-order chi connectivity index (χ1) is 15.0. The summed E-state index contributed by atoms with van der Waals surface area (Å²) < 4.78 is 1.05. The summed E-state index contributed by atoms with van der Waals surface area (Å²) in [7, 11) is 2.15. The highest BCUT2D eigenvalue weighted by atomic mass is 79.9. The number of likely N-dealkylation sites (N-methyl/N-ethyl adjacent to an activating group) is 1. The van der Waals surface area contributed by atoms with E-state index in [1.165, 1.54) is 0 Å². The fraction of sp³-hybridized carbons (Fsp3) is 0.320. The lowest BCUT2D eigenvalue weighted by molar-refractivity contribution is -0.117. The lowest BCUT2D eigenvalue weighted by Gasteiger charge is -2.35. The number of piperazine rings is 1. The molecule has 4 nitrogen and oxygen atoms in total. The molecule has 1 amide bonds. The molecule has 1 saturated heterocycles. The molecule has 31 heavy (non-hydrogen) atoms. The van der Waals surface area contributed by atoms with Crippen molar-refractivity contribution in [3.05, 3.63) is 69.2 Å². The number of nitrogens with zero attached hydrogens (tertiary/aromatic N) is 3. The zero-order valence-corrected chi connectivity index (χ0v) is 19.9. The van der Waals surface area contributed by atoms with Gasteiger partial charge in [0.2, 0.25) is 5.91 Å². The van der Waals surface area contributed by atoms with Crippen molar-refractivity contribution < 1.29 is 4.79 Å². The van der Waals surface area contributed by atoms with Crippen molar-refractivity contribution in [1.29, 1.82) is 0 Å². The number of carbonyl (C=O) groups excluding carboxylic acids is 1. The van der Waals surface area contributed by atoms with Crippen LogP contribution in [0, 0.1) is 0 Å². The summed E-state index contributed by atoms with van der Waals surface area (Å²) in [6.45, 7) is 4.66. The first-order valence-corrected chi connectivity index (χ1v) is 11.9. The molecule has 0 spiro atoms. The second-order valence-corrected chi connectivity index (χ2v) is 9.71. The molecule has 0 N–H and O–H groups in total. The van der Waals surface area contributed by atoms with Crippen molar-refractivity contribution in [2.45, 2.75) is 12.8 Å². The van der Waals surface area contributed by atoms with E-state index in [4.69, 9.17) is 11.6 Å². The van der Waals surface area contributed by atoms with Gasteiger partial charge >= 0.3 is 0 Å². The van der Waals surface area contributed by atoms with Gasteiger partial charge in [-0.15, -0.1) is 0 Å². The molecule has 6 heteroatoms. The van der Waals surface area contributed by atoms with Gasteiger partial charge in [0.1, 0.15) is 0 Å². The van der Waals surface area contributed by atoms with Crippen molar-refractivity contribution in [2.24, 2.45) is 0 Å². The Kier molecular flexibility index (Phi) is 5.67. The molecule has 3 aromatic rings. The predicted molar refractivity (Wildman–Crippen MR) is 133 cm³/mol. The van der Waals surface area contributed by atoms with E-state index in [1.807, 2.05) is 23.1 Å². The molecule has 0 unspecified atom stereocenters. The first-order valence-electron chi connectivity index (χ1n) is 10.7. The molecule has 2 aliphatic rings. The molecule has 0 atom stereocenters. The molecule has 0 radical (unpaired) electrons. The molecule has 5 rings (SSSR count). The quantitative estimate of drug-likeness (QED) is 0.500. The number of rotatable bonds is 3. The number of hydrogen-bond acceptors (Lipinski definition) is 3. The van der Waals surface area contributed by atoms with Gasteiger partial charge in [0.05, 0.1) is 17.1 Å². The van der Waals surface area contributed by atoms with Gasteiger partial charge in [0.15, 0.2) is 0 Å². The van der Waals surface area contributed by atoms with E-state index in [0.29, 0.717) is 13.0 Å². The van der Waals surface area contributed by atoms with Crippen LogP contribution in [-0.4, -0.2) is 50.6 Å². The Bertz CT molecular complexity index is 1160. The van der Waals surface area contributed by atoms with Crippen LogP contribution < -0.4 is 9.80 Å². The molecule has 0 aliphatic carbocycles. The van der Waals surface area contributed by atoms with Crippen LogP contribution in [0.15, 0.2) is 53.0 Å². The second-order valence-electron chi connectivity index (χ2n) is 8.45. The maximum Gasteiger partial charge on any atom is 0.231 e. The largest absolute Gasteiger partial charge is 0.368 e. The topological polar surface area (TPSA) is 26.8 Å². The molecule has 0 bridgehead atoms. The Hall–Kier alpha value is -2.08. The Morgan fingerprint density at radius 2 is 1.71 bits per heavy atom. The van der Waals surface area contributed by atoms with Crippen LogP contribution in [0.3, 0.4) is 0 Å². The highest BCUT2D eigenvalue weighted by Gasteiger charge is 2.28. The van der Waals surface area contributed by atoms with Gasteiger partial charge < -0.3 is 14.7 Å². The van der Waals surface area contributed by atoms with E-state index < -0.39 is 0 Å². The molecular weight excluding hydrogens is 474 g/mol. The molecule has 160 valence electrons. The van der Waals surface area contributed by atoms with E-state index >= 15 is 0 Å². The van der Waals surface area contributed by atoms with Gasteiger partial charge in [0, 0.05) is 42.9 Å². The number of fused-ring (bicyclic) bond motifs is 2. The summed E-state index contributed by atoms with van der Waals surface area (Å²) in [5, 5.41) is 3.05. The Balaban J connectivity index is 1.43. The van der Waals surface area contributed by atoms with Crippen LogP contribution in [0.1, 0.15) is 11.1 Å². The normalized spacial score (nSPS) is 16.7. The van der Waals surface area contributed by atoms with Gasteiger partial charge in [0.25, 0.3) is 0 Å². The van der Waals surface area contributed by atoms with Crippen molar-refractivity contribution in [3.8, 4) is 0 Å². The maximum atomic E-state index is 13.4. The van der Waals surface area contributed by atoms with Gasteiger partial charge in [-0.25, -0.2) is 0 Å². The standard InChI is InChI=1S/C25H25BrClN3O/c1-28-10-12-29(13-11-28)24-16-23-18(14-22(24)27)8-9-30(23)25(31)15-17-4-2-6-20-19(17)5-3-7-21(20)26/h2-7,14,16H,8-13,15H2,1H3. The zero-order valence-electron chi connectivity index (χ0n) is 17.6. The van der Waals surface area contributed by atoms with E-state index in [1.54, 1.807) is 0 Å². The molecular formula is C25H25BrClN3O. The summed E-state index contributed by atoms with van der Waals surface area (Å²) >= 11 is 10.3. The van der Waals surface area contributed by atoms with Crippen LogP contribution in [0.4, 0.5) is 11.4 Å². The smallest absolute Gasteiger partial charge is 0.231 e.